The molecule has 2 unspecified atom stereocenters. The quantitative estimate of drug-likeness (QED) is 0.605. The highest BCUT2D eigenvalue weighted by Crippen LogP contribution is 2.21. The summed E-state index contributed by atoms with van der Waals surface area (Å²) in [4.78, 5) is 25.0. The van der Waals surface area contributed by atoms with Crippen LogP contribution in [-0.4, -0.2) is 65.0 Å². The average molecular weight is 290 g/mol. The predicted octanol–water partition coefficient (Wildman–Crippen LogP) is -0.581. The van der Waals surface area contributed by atoms with Crippen molar-refractivity contribution < 1.29 is 19.4 Å². The third-order valence-electron chi connectivity index (χ3n) is 2.85. The van der Waals surface area contributed by atoms with Crippen molar-refractivity contribution in [2.45, 2.75) is 38.5 Å². The Kier molecular flexibility index (Phi) is 5.64. The molecule has 0 saturated carbocycles. The van der Waals surface area contributed by atoms with E-state index in [1.165, 1.54) is 6.92 Å². The SMILES string of the molecule is CC(=O)NC(CS)C(=O)N1CC(CO)OC(C)(C)C1. The highest BCUT2D eigenvalue weighted by atomic mass is 32.1. The molecule has 2 atom stereocenters. The minimum atomic E-state index is -0.644. The molecule has 1 rings (SSSR count). The number of carbonyl (C=O) groups is 2. The fraction of sp³-hybridized carbons (Fsp3) is 0.833. The number of rotatable bonds is 4. The average Bonchev–Trinajstić information content (AvgIpc) is 2.32. The first-order valence-electron chi connectivity index (χ1n) is 6.24. The zero-order valence-corrected chi connectivity index (χ0v) is 12.4. The molecule has 2 amide bonds. The number of hydrogen-bond donors (Lipinski definition) is 3. The highest BCUT2D eigenvalue weighted by molar-refractivity contribution is 7.80. The molecule has 0 aliphatic carbocycles. The molecule has 1 aliphatic heterocycles. The summed E-state index contributed by atoms with van der Waals surface area (Å²) in [6.45, 7) is 5.70. The second kappa shape index (κ2) is 6.58. The van der Waals surface area contributed by atoms with E-state index in [1.807, 2.05) is 13.8 Å². The fourth-order valence-electron chi connectivity index (χ4n) is 2.21. The van der Waals surface area contributed by atoms with Gasteiger partial charge in [0.25, 0.3) is 0 Å². The largest absolute Gasteiger partial charge is 0.394 e. The number of thiol groups is 1. The van der Waals surface area contributed by atoms with Crippen molar-refractivity contribution in [2.24, 2.45) is 0 Å². The van der Waals surface area contributed by atoms with E-state index < -0.39 is 17.7 Å². The molecular weight excluding hydrogens is 268 g/mol. The van der Waals surface area contributed by atoms with Crippen molar-refractivity contribution >= 4 is 24.4 Å². The lowest BCUT2D eigenvalue weighted by molar-refractivity contribution is -0.168. The van der Waals surface area contributed by atoms with Crippen LogP contribution in [0.15, 0.2) is 0 Å². The summed E-state index contributed by atoms with van der Waals surface area (Å²) in [7, 11) is 0. The number of nitrogens with one attached hydrogen (secondary N) is 1. The van der Waals surface area contributed by atoms with Crippen LogP contribution in [0.5, 0.6) is 0 Å². The second-order valence-electron chi connectivity index (χ2n) is 5.34. The molecular formula is C12H22N2O4S. The Bertz CT molecular complexity index is 349. The van der Waals surface area contributed by atoms with Crippen LogP contribution >= 0.6 is 12.6 Å². The lowest BCUT2D eigenvalue weighted by atomic mass is 10.0. The molecule has 6 nitrogen and oxygen atoms in total. The van der Waals surface area contributed by atoms with Gasteiger partial charge in [-0.15, -0.1) is 0 Å². The maximum atomic E-state index is 12.3. The summed E-state index contributed by atoms with van der Waals surface area (Å²) in [5.74, 6) is -0.223. The van der Waals surface area contributed by atoms with Crippen molar-refractivity contribution in [1.29, 1.82) is 0 Å². The molecule has 1 fully saturated rings. The Hall–Kier alpha value is -0.790. The van der Waals surface area contributed by atoms with E-state index in [2.05, 4.69) is 17.9 Å². The molecule has 110 valence electrons. The topological polar surface area (TPSA) is 78.9 Å². The van der Waals surface area contributed by atoms with E-state index in [0.29, 0.717) is 13.1 Å². The standard InChI is InChI=1S/C12H22N2O4S/c1-8(16)13-10(6-19)11(17)14-4-9(5-15)18-12(2,3)7-14/h9-10,15,19H,4-7H2,1-3H3,(H,13,16). The van der Waals surface area contributed by atoms with Gasteiger partial charge in [-0.05, 0) is 13.8 Å². The lowest BCUT2D eigenvalue weighted by Gasteiger charge is -2.43. The highest BCUT2D eigenvalue weighted by Gasteiger charge is 2.37. The minimum absolute atomic E-state index is 0.140. The summed E-state index contributed by atoms with van der Waals surface area (Å²) in [6, 6.07) is -0.644. The monoisotopic (exact) mass is 290 g/mol. The zero-order valence-electron chi connectivity index (χ0n) is 11.5. The Morgan fingerprint density at radius 2 is 2.21 bits per heavy atom. The molecule has 0 aromatic carbocycles. The van der Waals surface area contributed by atoms with Crippen molar-refractivity contribution in [2.75, 3.05) is 25.4 Å². The molecule has 1 saturated heterocycles. The maximum Gasteiger partial charge on any atom is 0.246 e. The Morgan fingerprint density at radius 3 is 2.68 bits per heavy atom. The number of morpholine rings is 1. The lowest BCUT2D eigenvalue weighted by Crippen LogP contribution is -2.59. The Morgan fingerprint density at radius 1 is 1.58 bits per heavy atom. The first-order valence-corrected chi connectivity index (χ1v) is 6.87. The molecule has 0 radical (unpaired) electrons. The van der Waals surface area contributed by atoms with E-state index in [9.17, 15) is 14.7 Å². The molecule has 2 N–H and O–H groups in total. The van der Waals surface area contributed by atoms with E-state index >= 15 is 0 Å². The molecule has 0 spiro atoms. The van der Waals surface area contributed by atoms with Gasteiger partial charge in [-0.3, -0.25) is 9.59 Å². The van der Waals surface area contributed by atoms with Crippen LogP contribution in [0.4, 0.5) is 0 Å². The number of hydrogen-bond acceptors (Lipinski definition) is 5. The first kappa shape index (κ1) is 16.3. The van der Waals surface area contributed by atoms with Crippen LogP contribution < -0.4 is 5.32 Å². The molecule has 19 heavy (non-hydrogen) atoms. The number of aliphatic hydroxyl groups excluding tert-OH is 1. The predicted molar refractivity (Wildman–Crippen MR) is 74.1 cm³/mol. The third kappa shape index (κ3) is 4.67. The summed E-state index contributed by atoms with van der Waals surface area (Å²) in [5, 5.41) is 11.8. The molecule has 0 bridgehead atoms. The van der Waals surface area contributed by atoms with E-state index in [0.717, 1.165) is 0 Å². The third-order valence-corrected chi connectivity index (χ3v) is 3.22. The number of ether oxygens (including phenoxy) is 1. The summed E-state index contributed by atoms with van der Waals surface area (Å²) in [6.07, 6.45) is -0.398. The van der Waals surface area contributed by atoms with Gasteiger partial charge in [-0.1, -0.05) is 0 Å². The van der Waals surface area contributed by atoms with Gasteiger partial charge in [0.1, 0.15) is 6.04 Å². The fourth-order valence-corrected chi connectivity index (χ4v) is 2.46. The molecule has 0 aromatic rings. The molecule has 1 aliphatic rings. The minimum Gasteiger partial charge on any atom is -0.394 e. The molecule has 0 aromatic heterocycles. The summed E-state index contributed by atoms with van der Waals surface area (Å²) >= 11 is 4.09. The van der Waals surface area contributed by atoms with Crippen LogP contribution in [-0.2, 0) is 14.3 Å². The van der Waals surface area contributed by atoms with E-state index in [-0.39, 0.29) is 24.2 Å². The van der Waals surface area contributed by atoms with E-state index in [4.69, 9.17) is 4.74 Å². The number of nitrogens with zero attached hydrogens (tertiary/aromatic N) is 1. The smallest absolute Gasteiger partial charge is 0.246 e. The van der Waals surface area contributed by atoms with Gasteiger partial charge in [0.2, 0.25) is 11.8 Å². The van der Waals surface area contributed by atoms with Gasteiger partial charge in [-0.2, -0.15) is 12.6 Å². The number of aliphatic hydroxyl groups is 1. The van der Waals surface area contributed by atoms with Crippen molar-refractivity contribution in [1.82, 2.24) is 10.2 Å². The number of carbonyl (C=O) groups excluding carboxylic acids is 2. The van der Waals surface area contributed by atoms with Gasteiger partial charge < -0.3 is 20.1 Å². The van der Waals surface area contributed by atoms with Gasteiger partial charge in [0.05, 0.1) is 18.3 Å². The summed E-state index contributed by atoms with van der Waals surface area (Å²) in [5.41, 5.74) is -0.515. The molecule has 7 heteroatoms. The maximum absolute atomic E-state index is 12.3. The normalized spacial score (nSPS) is 23.8. The first-order chi connectivity index (χ1) is 8.79. The van der Waals surface area contributed by atoms with Crippen molar-refractivity contribution in [3.05, 3.63) is 0 Å². The van der Waals surface area contributed by atoms with Gasteiger partial charge >= 0.3 is 0 Å². The van der Waals surface area contributed by atoms with Crippen molar-refractivity contribution in [3.8, 4) is 0 Å². The van der Waals surface area contributed by atoms with Gasteiger partial charge in [0.15, 0.2) is 0 Å². The van der Waals surface area contributed by atoms with Crippen LogP contribution in [0.25, 0.3) is 0 Å². The Balaban J connectivity index is 2.76. The Labute approximate surface area is 118 Å². The summed E-state index contributed by atoms with van der Waals surface area (Å²) < 4.78 is 5.65. The van der Waals surface area contributed by atoms with Gasteiger partial charge in [0, 0.05) is 25.8 Å². The second-order valence-corrected chi connectivity index (χ2v) is 5.70. The zero-order chi connectivity index (χ0) is 14.6. The van der Waals surface area contributed by atoms with E-state index in [1.54, 1.807) is 4.90 Å². The van der Waals surface area contributed by atoms with Crippen LogP contribution in [0.2, 0.25) is 0 Å². The molecule has 1 heterocycles. The van der Waals surface area contributed by atoms with Gasteiger partial charge in [-0.25, -0.2) is 0 Å². The van der Waals surface area contributed by atoms with Crippen LogP contribution in [0, 0.1) is 0 Å². The number of amides is 2. The van der Waals surface area contributed by atoms with Crippen LogP contribution in [0.1, 0.15) is 20.8 Å². The van der Waals surface area contributed by atoms with Crippen molar-refractivity contribution in [3.63, 3.8) is 0 Å². The van der Waals surface area contributed by atoms with Crippen LogP contribution in [0.3, 0.4) is 0 Å².